The maximum absolute atomic E-state index is 14.0. The van der Waals surface area contributed by atoms with Gasteiger partial charge in [0.1, 0.15) is 11.8 Å². The Kier molecular flexibility index (Phi) is 4.23. The minimum Gasteiger partial charge on any atom is -0.469 e. The third-order valence-electron chi connectivity index (χ3n) is 2.69. The molecule has 0 aliphatic rings. The number of rotatable bonds is 4. The van der Waals surface area contributed by atoms with Crippen LogP contribution < -0.4 is 5.32 Å². The van der Waals surface area contributed by atoms with Crippen LogP contribution in [0.2, 0.25) is 0 Å². The summed E-state index contributed by atoms with van der Waals surface area (Å²) in [6.45, 7) is 1.94. The molecule has 2 aromatic rings. The summed E-state index contributed by atoms with van der Waals surface area (Å²) in [6, 6.07) is 8.78. The van der Waals surface area contributed by atoms with Gasteiger partial charge in [-0.15, -0.1) is 0 Å². The van der Waals surface area contributed by atoms with Crippen LogP contribution in [0.15, 0.2) is 39.4 Å². The molecule has 1 unspecified atom stereocenters. The van der Waals surface area contributed by atoms with E-state index in [1.807, 2.05) is 25.1 Å². The van der Waals surface area contributed by atoms with Crippen molar-refractivity contribution in [2.75, 3.05) is 5.32 Å². The second kappa shape index (κ2) is 5.89. The van der Waals surface area contributed by atoms with Crippen molar-refractivity contribution in [3.05, 3.63) is 52.1 Å². The molecule has 3 nitrogen and oxygen atoms in total. The molecule has 5 heteroatoms. The Bertz CT molecular complexity index is 605. The molecule has 1 N–H and O–H groups in total. The van der Waals surface area contributed by atoms with Gasteiger partial charge in [-0.3, -0.25) is 0 Å². The predicted molar refractivity (Wildman–Crippen MR) is 74.3 cm³/mol. The first-order valence-corrected chi connectivity index (χ1v) is 6.58. The highest BCUT2D eigenvalue weighted by Gasteiger charge is 2.13. The summed E-state index contributed by atoms with van der Waals surface area (Å²) in [4.78, 5) is 0. The molecule has 0 amide bonds. The Balaban J connectivity index is 2.11. The van der Waals surface area contributed by atoms with Gasteiger partial charge < -0.3 is 9.73 Å². The molecule has 0 saturated carbocycles. The van der Waals surface area contributed by atoms with Gasteiger partial charge in [0.2, 0.25) is 0 Å². The van der Waals surface area contributed by atoms with E-state index in [2.05, 4.69) is 21.2 Å². The minimum atomic E-state index is -0.453. The van der Waals surface area contributed by atoms with Crippen LogP contribution in [-0.2, 0) is 6.42 Å². The molecule has 1 aromatic heterocycles. The third-order valence-corrected chi connectivity index (χ3v) is 3.47. The summed E-state index contributed by atoms with van der Waals surface area (Å²) in [5.41, 5.74) is 0.645. The van der Waals surface area contributed by atoms with E-state index in [-0.39, 0.29) is 16.1 Å². The van der Waals surface area contributed by atoms with E-state index in [1.165, 1.54) is 0 Å². The lowest BCUT2D eigenvalue weighted by Crippen LogP contribution is -2.18. The molecular formula is C14H12BrFN2O. The van der Waals surface area contributed by atoms with Crippen molar-refractivity contribution in [2.45, 2.75) is 19.4 Å². The molecule has 1 aromatic carbocycles. The van der Waals surface area contributed by atoms with Crippen molar-refractivity contribution in [1.29, 1.82) is 5.26 Å². The van der Waals surface area contributed by atoms with Crippen molar-refractivity contribution in [1.82, 2.24) is 0 Å². The van der Waals surface area contributed by atoms with E-state index >= 15 is 0 Å². The van der Waals surface area contributed by atoms with Crippen LogP contribution in [0, 0.1) is 17.1 Å². The van der Waals surface area contributed by atoms with Gasteiger partial charge in [-0.1, -0.05) is 0 Å². The Morgan fingerprint density at radius 3 is 2.89 bits per heavy atom. The van der Waals surface area contributed by atoms with Crippen LogP contribution in [0.3, 0.4) is 0 Å². The smallest absolute Gasteiger partial charge is 0.161 e. The van der Waals surface area contributed by atoms with E-state index in [4.69, 9.17) is 9.68 Å². The first-order valence-electron chi connectivity index (χ1n) is 5.79. The van der Waals surface area contributed by atoms with Crippen LogP contribution in [0.5, 0.6) is 0 Å². The molecule has 0 aliphatic carbocycles. The van der Waals surface area contributed by atoms with Crippen LogP contribution >= 0.6 is 15.9 Å². The fourth-order valence-electron chi connectivity index (χ4n) is 1.79. The Labute approximate surface area is 119 Å². The fraction of sp³-hybridized carbons (Fsp3) is 0.214. The maximum Gasteiger partial charge on any atom is 0.161 e. The molecule has 1 heterocycles. The second-order valence-corrected chi connectivity index (χ2v) is 5.02. The number of hydrogen-bond donors (Lipinski definition) is 1. The molecule has 0 bridgehead atoms. The van der Waals surface area contributed by atoms with E-state index in [9.17, 15) is 4.39 Å². The first kappa shape index (κ1) is 13.6. The number of anilines is 1. The number of nitrogens with one attached hydrogen (secondary N) is 1. The van der Waals surface area contributed by atoms with E-state index in [0.717, 1.165) is 5.76 Å². The first-order chi connectivity index (χ1) is 9.11. The third kappa shape index (κ3) is 3.15. The zero-order valence-electron chi connectivity index (χ0n) is 10.3. The van der Waals surface area contributed by atoms with Crippen molar-refractivity contribution in [3.63, 3.8) is 0 Å². The number of benzene rings is 1. The molecule has 0 spiro atoms. The maximum atomic E-state index is 14.0. The summed E-state index contributed by atoms with van der Waals surface area (Å²) in [5, 5.41) is 11.9. The quantitative estimate of drug-likeness (QED) is 0.922. The zero-order valence-corrected chi connectivity index (χ0v) is 11.9. The highest BCUT2D eigenvalue weighted by atomic mass is 79.9. The van der Waals surface area contributed by atoms with E-state index in [0.29, 0.717) is 12.1 Å². The number of nitriles is 1. The summed E-state index contributed by atoms with van der Waals surface area (Å²) >= 11 is 3.09. The van der Waals surface area contributed by atoms with Crippen molar-refractivity contribution < 1.29 is 8.81 Å². The molecular weight excluding hydrogens is 311 g/mol. The molecule has 1 atom stereocenters. The summed E-state index contributed by atoms with van der Waals surface area (Å²) in [6.07, 6.45) is 2.27. The summed E-state index contributed by atoms with van der Waals surface area (Å²) < 4.78 is 19.4. The van der Waals surface area contributed by atoms with Crippen molar-refractivity contribution >= 4 is 21.6 Å². The van der Waals surface area contributed by atoms with Gasteiger partial charge in [0.15, 0.2) is 5.82 Å². The van der Waals surface area contributed by atoms with E-state index in [1.54, 1.807) is 18.4 Å². The number of nitrogens with zero attached hydrogens (tertiary/aromatic N) is 1. The van der Waals surface area contributed by atoms with Crippen LogP contribution in [0.25, 0.3) is 0 Å². The highest BCUT2D eigenvalue weighted by Crippen LogP contribution is 2.27. The van der Waals surface area contributed by atoms with Gasteiger partial charge in [0.05, 0.1) is 22.0 Å². The number of hydrogen-bond acceptors (Lipinski definition) is 3. The normalized spacial score (nSPS) is 11.9. The molecule has 2 rings (SSSR count). The average molecular weight is 323 g/mol. The van der Waals surface area contributed by atoms with Gasteiger partial charge >= 0.3 is 0 Å². The lowest BCUT2D eigenvalue weighted by Gasteiger charge is -2.15. The van der Waals surface area contributed by atoms with Gasteiger partial charge in [-0.05, 0) is 47.1 Å². The molecule has 0 aliphatic heterocycles. The fourth-order valence-corrected chi connectivity index (χ4v) is 2.23. The number of furan rings is 1. The molecule has 98 valence electrons. The standard InChI is InChI=1S/C14H12BrFN2O/c1-9(7-11-3-2-6-19-11)18-12-5-4-10(8-17)13(15)14(12)16/h2-6,9,18H,7H2,1H3. The lowest BCUT2D eigenvalue weighted by atomic mass is 10.1. The topological polar surface area (TPSA) is 49.0 Å². The van der Waals surface area contributed by atoms with E-state index < -0.39 is 5.82 Å². The Morgan fingerprint density at radius 1 is 1.47 bits per heavy atom. The second-order valence-electron chi connectivity index (χ2n) is 4.23. The summed E-state index contributed by atoms with van der Waals surface area (Å²) in [5.74, 6) is 0.387. The Morgan fingerprint density at radius 2 is 2.26 bits per heavy atom. The monoisotopic (exact) mass is 322 g/mol. The molecule has 0 saturated heterocycles. The lowest BCUT2D eigenvalue weighted by molar-refractivity contribution is 0.497. The van der Waals surface area contributed by atoms with Crippen LogP contribution in [-0.4, -0.2) is 6.04 Å². The minimum absolute atomic E-state index is 0.0143. The molecule has 0 radical (unpaired) electrons. The summed E-state index contributed by atoms with van der Waals surface area (Å²) in [7, 11) is 0. The highest BCUT2D eigenvalue weighted by molar-refractivity contribution is 9.10. The number of halogens is 2. The SMILES string of the molecule is CC(Cc1ccco1)Nc1ccc(C#N)c(Br)c1F. The Hall–Kier alpha value is -1.80. The average Bonchev–Trinajstić information content (AvgIpc) is 2.88. The molecule has 19 heavy (non-hydrogen) atoms. The van der Waals surface area contributed by atoms with Gasteiger partial charge in [-0.2, -0.15) is 5.26 Å². The van der Waals surface area contributed by atoms with Gasteiger partial charge in [-0.25, -0.2) is 4.39 Å². The van der Waals surface area contributed by atoms with Crippen molar-refractivity contribution in [2.24, 2.45) is 0 Å². The van der Waals surface area contributed by atoms with Gasteiger partial charge in [0.25, 0.3) is 0 Å². The molecule has 0 fully saturated rings. The largest absolute Gasteiger partial charge is 0.469 e. The van der Waals surface area contributed by atoms with Crippen molar-refractivity contribution in [3.8, 4) is 6.07 Å². The zero-order chi connectivity index (χ0) is 13.8. The van der Waals surface area contributed by atoms with Gasteiger partial charge in [0, 0.05) is 12.5 Å². The predicted octanol–water partition coefficient (Wildman–Crippen LogP) is 4.10. The van der Waals surface area contributed by atoms with Crippen LogP contribution in [0.1, 0.15) is 18.2 Å². The van der Waals surface area contributed by atoms with Crippen LogP contribution in [0.4, 0.5) is 10.1 Å².